The molecule has 0 radical (unpaired) electrons. The molecule has 2 amide bonds. The number of phenolic OH excluding ortho intramolecular Hbond substituents is 1. The summed E-state index contributed by atoms with van der Waals surface area (Å²) >= 11 is 0. The number of phenols is 1. The molecule has 0 bridgehead atoms. The summed E-state index contributed by atoms with van der Waals surface area (Å²) in [6, 6.07) is 4.91. The van der Waals surface area contributed by atoms with Crippen molar-refractivity contribution in [3.8, 4) is 5.75 Å². The van der Waals surface area contributed by atoms with E-state index in [4.69, 9.17) is 0 Å². The molecule has 0 saturated carbocycles. The fourth-order valence-electron chi connectivity index (χ4n) is 2.05. The van der Waals surface area contributed by atoms with Crippen LogP contribution in [0.2, 0.25) is 0 Å². The van der Waals surface area contributed by atoms with Crippen LogP contribution < -0.4 is 5.32 Å². The number of aliphatic carboxylic acids is 1. The lowest BCUT2D eigenvalue weighted by Crippen LogP contribution is -2.43. The van der Waals surface area contributed by atoms with E-state index in [1.807, 2.05) is 0 Å². The summed E-state index contributed by atoms with van der Waals surface area (Å²) in [4.78, 5) is 26.2. The van der Waals surface area contributed by atoms with E-state index in [2.05, 4.69) is 10.3 Å². The van der Waals surface area contributed by atoms with Crippen molar-refractivity contribution in [1.82, 2.24) is 5.32 Å². The van der Waals surface area contributed by atoms with Gasteiger partial charge in [-0.05, 0) is 13.0 Å². The number of hydrogen-bond acceptors (Lipinski definition) is 3. The highest BCUT2D eigenvalue weighted by Crippen LogP contribution is 2.32. The SMILES string of the molecule is CC1=NC(=O)N[C@H](c2ccccc2O)[C@H]1C(=O)O. The smallest absolute Gasteiger partial charge is 0.341 e. The predicted octanol–water partition coefficient (Wildman–Crippen LogP) is 1.32. The van der Waals surface area contributed by atoms with Gasteiger partial charge >= 0.3 is 12.0 Å². The van der Waals surface area contributed by atoms with Crippen LogP contribution in [0.25, 0.3) is 0 Å². The molecule has 6 heteroatoms. The maximum Gasteiger partial charge on any atom is 0.341 e. The van der Waals surface area contributed by atoms with Gasteiger partial charge in [-0.25, -0.2) is 9.79 Å². The van der Waals surface area contributed by atoms with Gasteiger partial charge in [0.15, 0.2) is 0 Å². The minimum atomic E-state index is -1.09. The number of para-hydroxylation sites is 1. The predicted molar refractivity (Wildman–Crippen MR) is 63.6 cm³/mol. The Kier molecular flexibility index (Phi) is 3.01. The minimum Gasteiger partial charge on any atom is -0.508 e. The molecule has 6 nitrogen and oxygen atoms in total. The number of carbonyl (C=O) groups is 2. The molecule has 1 aliphatic rings. The first-order chi connectivity index (χ1) is 8.50. The summed E-state index contributed by atoms with van der Waals surface area (Å²) in [6.07, 6.45) is 0. The lowest BCUT2D eigenvalue weighted by atomic mass is 9.88. The van der Waals surface area contributed by atoms with Crippen LogP contribution >= 0.6 is 0 Å². The highest BCUT2D eigenvalue weighted by Gasteiger charge is 2.37. The minimum absolute atomic E-state index is 0.0521. The molecule has 1 aromatic carbocycles. The lowest BCUT2D eigenvalue weighted by Gasteiger charge is -2.28. The molecule has 3 N–H and O–H groups in total. The number of carboxylic acids is 1. The maximum absolute atomic E-state index is 11.4. The van der Waals surface area contributed by atoms with Crippen LogP contribution in [-0.4, -0.2) is 27.9 Å². The Labute approximate surface area is 103 Å². The van der Waals surface area contributed by atoms with E-state index in [0.29, 0.717) is 5.56 Å². The van der Waals surface area contributed by atoms with E-state index in [0.717, 1.165) is 0 Å². The van der Waals surface area contributed by atoms with Crippen molar-refractivity contribution in [3.63, 3.8) is 0 Å². The van der Waals surface area contributed by atoms with Crippen molar-refractivity contribution in [2.75, 3.05) is 0 Å². The van der Waals surface area contributed by atoms with Crippen molar-refractivity contribution >= 4 is 17.7 Å². The molecule has 1 aliphatic heterocycles. The van der Waals surface area contributed by atoms with E-state index >= 15 is 0 Å². The molecule has 2 rings (SSSR count). The van der Waals surface area contributed by atoms with Gasteiger partial charge < -0.3 is 15.5 Å². The Bertz CT molecular complexity index is 539. The zero-order valence-corrected chi connectivity index (χ0v) is 9.62. The third-order valence-electron chi connectivity index (χ3n) is 2.88. The number of benzene rings is 1. The number of hydrogen-bond donors (Lipinski definition) is 3. The van der Waals surface area contributed by atoms with Crippen molar-refractivity contribution in [1.29, 1.82) is 0 Å². The molecule has 0 aromatic heterocycles. The number of rotatable bonds is 2. The van der Waals surface area contributed by atoms with E-state index in [1.54, 1.807) is 18.2 Å². The average Bonchev–Trinajstić information content (AvgIpc) is 2.27. The Hall–Kier alpha value is -2.37. The number of amides is 2. The number of nitrogens with one attached hydrogen (secondary N) is 1. The fraction of sp³-hybridized carbons (Fsp3) is 0.250. The fourth-order valence-corrected chi connectivity index (χ4v) is 2.05. The number of carboxylic acid groups (broad SMARTS) is 1. The molecular formula is C12H12N2O4. The molecule has 94 valence electrons. The molecule has 0 fully saturated rings. The van der Waals surface area contributed by atoms with Crippen LogP contribution in [0.5, 0.6) is 5.75 Å². The Morgan fingerprint density at radius 2 is 2.06 bits per heavy atom. The van der Waals surface area contributed by atoms with E-state index < -0.39 is 24.0 Å². The van der Waals surface area contributed by atoms with Crippen LogP contribution in [0.1, 0.15) is 18.5 Å². The normalized spacial score (nSPS) is 23.2. The van der Waals surface area contributed by atoms with Gasteiger partial charge in [0.1, 0.15) is 11.7 Å². The summed E-state index contributed by atoms with van der Waals surface area (Å²) in [5, 5.41) is 21.4. The number of carbonyl (C=O) groups excluding carboxylic acids is 1. The van der Waals surface area contributed by atoms with Gasteiger partial charge in [-0.15, -0.1) is 0 Å². The molecule has 1 heterocycles. The first-order valence-corrected chi connectivity index (χ1v) is 5.37. The quantitative estimate of drug-likeness (QED) is 0.734. The largest absolute Gasteiger partial charge is 0.508 e. The Morgan fingerprint density at radius 3 is 2.67 bits per heavy atom. The van der Waals surface area contributed by atoms with Gasteiger partial charge in [0.2, 0.25) is 0 Å². The van der Waals surface area contributed by atoms with Gasteiger partial charge in [-0.2, -0.15) is 0 Å². The first-order valence-electron chi connectivity index (χ1n) is 5.37. The monoisotopic (exact) mass is 248 g/mol. The summed E-state index contributed by atoms with van der Waals surface area (Å²) in [7, 11) is 0. The van der Waals surface area contributed by atoms with Crippen molar-refractivity contribution < 1.29 is 19.8 Å². The Balaban J connectivity index is 2.48. The number of urea groups is 1. The Morgan fingerprint density at radius 1 is 1.39 bits per heavy atom. The molecule has 1 aromatic rings. The second-order valence-corrected chi connectivity index (χ2v) is 4.06. The van der Waals surface area contributed by atoms with E-state index in [9.17, 15) is 19.8 Å². The molecular weight excluding hydrogens is 236 g/mol. The van der Waals surface area contributed by atoms with Crippen molar-refractivity contribution in [3.05, 3.63) is 29.8 Å². The van der Waals surface area contributed by atoms with Gasteiger partial charge in [-0.1, -0.05) is 18.2 Å². The van der Waals surface area contributed by atoms with Crippen LogP contribution in [0.3, 0.4) is 0 Å². The van der Waals surface area contributed by atoms with Crippen molar-refractivity contribution in [2.45, 2.75) is 13.0 Å². The van der Waals surface area contributed by atoms with Crippen LogP contribution in [0.15, 0.2) is 29.3 Å². The highest BCUT2D eigenvalue weighted by atomic mass is 16.4. The molecule has 0 unspecified atom stereocenters. The first kappa shape index (κ1) is 12.1. The van der Waals surface area contributed by atoms with Crippen LogP contribution in [0, 0.1) is 5.92 Å². The molecule has 0 aliphatic carbocycles. The molecule has 18 heavy (non-hydrogen) atoms. The van der Waals surface area contributed by atoms with Gasteiger partial charge in [0.25, 0.3) is 0 Å². The van der Waals surface area contributed by atoms with E-state index in [-0.39, 0.29) is 11.5 Å². The maximum atomic E-state index is 11.4. The zero-order chi connectivity index (χ0) is 13.3. The van der Waals surface area contributed by atoms with Gasteiger partial charge in [0.05, 0.1) is 6.04 Å². The van der Waals surface area contributed by atoms with Gasteiger partial charge in [-0.3, -0.25) is 4.79 Å². The molecule has 0 spiro atoms. The summed E-state index contributed by atoms with van der Waals surface area (Å²) in [5.74, 6) is -2.12. The number of aromatic hydroxyl groups is 1. The summed E-state index contributed by atoms with van der Waals surface area (Å²) in [5.41, 5.74) is 0.590. The highest BCUT2D eigenvalue weighted by molar-refractivity contribution is 6.07. The molecule has 0 saturated heterocycles. The second-order valence-electron chi connectivity index (χ2n) is 4.06. The summed E-state index contributed by atoms with van der Waals surface area (Å²) < 4.78 is 0. The van der Waals surface area contributed by atoms with Crippen LogP contribution in [-0.2, 0) is 4.79 Å². The van der Waals surface area contributed by atoms with E-state index in [1.165, 1.54) is 13.0 Å². The summed E-state index contributed by atoms with van der Waals surface area (Å²) in [6.45, 7) is 1.49. The standard InChI is InChI=1S/C12H12N2O4/c1-6-9(11(16)17)10(14-12(18)13-6)7-4-2-3-5-8(7)15/h2-5,9-10,15H,1H3,(H,14,18)(H,16,17)/t9-,10+/m0/s1. The number of nitrogens with zero attached hydrogens (tertiary/aromatic N) is 1. The molecule has 2 atom stereocenters. The average molecular weight is 248 g/mol. The third kappa shape index (κ3) is 2.04. The second kappa shape index (κ2) is 4.48. The lowest BCUT2D eigenvalue weighted by molar-refractivity contribution is -0.140. The van der Waals surface area contributed by atoms with Crippen molar-refractivity contribution in [2.24, 2.45) is 10.9 Å². The number of aliphatic imine (C=N–C) groups is 1. The topological polar surface area (TPSA) is 99.0 Å². The third-order valence-corrected chi connectivity index (χ3v) is 2.88. The van der Waals surface area contributed by atoms with Gasteiger partial charge in [0, 0.05) is 11.3 Å². The zero-order valence-electron chi connectivity index (χ0n) is 9.62. The van der Waals surface area contributed by atoms with Crippen LogP contribution in [0.4, 0.5) is 4.79 Å².